The van der Waals surface area contributed by atoms with Gasteiger partial charge in [0, 0.05) is 51.9 Å². The fourth-order valence-corrected chi connectivity index (χ4v) is 5.72. The molecular formula is C26H36N6O. The molecule has 2 aromatic rings. The lowest BCUT2D eigenvalue weighted by Crippen LogP contribution is -2.37. The van der Waals surface area contributed by atoms with E-state index in [1.807, 2.05) is 11.9 Å². The van der Waals surface area contributed by atoms with Gasteiger partial charge in [-0.25, -0.2) is 9.97 Å². The van der Waals surface area contributed by atoms with E-state index in [2.05, 4.69) is 40.4 Å². The van der Waals surface area contributed by atoms with Crippen LogP contribution in [0.15, 0.2) is 18.2 Å². The highest BCUT2D eigenvalue weighted by Gasteiger charge is 2.30. The standard InChI is InChI=1S/C26H36N6O/c1-18(33)31-14-11-21-22(17-31)28-26(29-25(21)27-2)24-8-4-5-13-32(24)16-19-9-10-23-20(15-19)7-6-12-30(23)3/h9-10,15,24H,4-8,11-14,16-17H2,1-3H3,(H,27,28,29)/t24-/m1/s1. The molecule has 33 heavy (non-hydrogen) atoms. The predicted octanol–water partition coefficient (Wildman–Crippen LogP) is 3.53. The number of hydrogen-bond acceptors (Lipinski definition) is 6. The normalized spacial score (nSPS) is 20.9. The molecule has 1 aromatic carbocycles. The van der Waals surface area contributed by atoms with Gasteiger partial charge in [-0.1, -0.05) is 18.6 Å². The third-order valence-corrected chi connectivity index (χ3v) is 7.56. The predicted molar refractivity (Wildman–Crippen MR) is 131 cm³/mol. The van der Waals surface area contributed by atoms with Crippen LogP contribution in [-0.4, -0.2) is 59.4 Å². The van der Waals surface area contributed by atoms with Gasteiger partial charge < -0.3 is 15.1 Å². The molecule has 1 aromatic heterocycles. The number of nitrogens with one attached hydrogen (secondary N) is 1. The van der Waals surface area contributed by atoms with Crippen molar-refractivity contribution in [3.05, 3.63) is 46.4 Å². The molecule has 0 radical (unpaired) electrons. The maximum absolute atomic E-state index is 12.0. The molecule has 4 heterocycles. The summed E-state index contributed by atoms with van der Waals surface area (Å²) in [6.07, 6.45) is 6.70. The summed E-state index contributed by atoms with van der Waals surface area (Å²) >= 11 is 0. The van der Waals surface area contributed by atoms with Crippen LogP contribution in [-0.2, 0) is 30.7 Å². The molecule has 7 heteroatoms. The number of rotatable bonds is 4. The maximum atomic E-state index is 12.0. The number of anilines is 2. The minimum Gasteiger partial charge on any atom is -0.374 e. The first-order chi connectivity index (χ1) is 16.0. The van der Waals surface area contributed by atoms with Crippen LogP contribution in [0.4, 0.5) is 11.5 Å². The number of piperidine rings is 1. The molecule has 3 aliphatic heterocycles. The van der Waals surface area contributed by atoms with Crippen LogP contribution in [0.1, 0.15) is 66.9 Å². The Hall–Kier alpha value is -2.67. The summed E-state index contributed by atoms with van der Waals surface area (Å²) in [6.45, 7) is 6.10. The van der Waals surface area contributed by atoms with Crippen LogP contribution < -0.4 is 10.2 Å². The number of aryl methyl sites for hydroxylation is 1. The van der Waals surface area contributed by atoms with Crippen LogP contribution in [0.5, 0.6) is 0 Å². The molecule has 0 aliphatic carbocycles. The molecule has 1 atom stereocenters. The van der Waals surface area contributed by atoms with Crippen molar-refractivity contribution in [2.45, 2.75) is 64.6 Å². The van der Waals surface area contributed by atoms with Crippen molar-refractivity contribution in [3.8, 4) is 0 Å². The van der Waals surface area contributed by atoms with Crippen molar-refractivity contribution in [3.63, 3.8) is 0 Å². The number of carbonyl (C=O) groups excluding carboxylic acids is 1. The summed E-state index contributed by atoms with van der Waals surface area (Å²) in [5, 5.41) is 3.30. The van der Waals surface area contributed by atoms with Gasteiger partial charge >= 0.3 is 0 Å². The highest BCUT2D eigenvalue weighted by molar-refractivity contribution is 5.73. The summed E-state index contributed by atoms with van der Waals surface area (Å²) < 4.78 is 0. The number of likely N-dealkylation sites (tertiary alicyclic amines) is 1. The van der Waals surface area contributed by atoms with Gasteiger partial charge in [0.15, 0.2) is 0 Å². The van der Waals surface area contributed by atoms with Gasteiger partial charge in [0.1, 0.15) is 11.6 Å². The number of carbonyl (C=O) groups is 1. The summed E-state index contributed by atoms with van der Waals surface area (Å²) in [6, 6.07) is 7.22. The Bertz CT molecular complexity index is 1040. The third-order valence-electron chi connectivity index (χ3n) is 7.56. The Morgan fingerprint density at radius 2 is 2.00 bits per heavy atom. The number of amides is 1. The second kappa shape index (κ2) is 9.29. The molecule has 0 spiro atoms. The quantitative estimate of drug-likeness (QED) is 0.772. The molecule has 1 saturated heterocycles. The zero-order valence-electron chi connectivity index (χ0n) is 20.2. The Labute approximate surface area is 197 Å². The molecular weight excluding hydrogens is 412 g/mol. The van der Waals surface area contributed by atoms with Crippen molar-refractivity contribution in [2.75, 3.05) is 43.9 Å². The van der Waals surface area contributed by atoms with E-state index in [-0.39, 0.29) is 11.9 Å². The maximum Gasteiger partial charge on any atom is 0.219 e. The van der Waals surface area contributed by atoms with Crippen molar-refractivity contribution in [1.82, 2.24) is 19.8 Å². The fraction of sp³-hybridized carbons (Fsp3) is 0.577. The minimum absolute atomic E-state index is 0.115. The van der Waals surface area contributed by atoms with E-state index in [1.54, 1.807) is 6.92 Å². The molecule has 7 nitrogen and oxygen atoms in total. The van der Waals surface area contributed by atoms with Crippen molar-refractivity contribution < 1.29 is 4.79 Å². The molecule has 3 aliphatic rings. The van der Waals surface area contributed by atoms with Crippen LogP contribution >= 0.6 is 0 Å². The Morgan fingerprint density at radius 1 is 1.12 bits per heavy atom. The van der Waals surface area contributed by atoms with Gasteiger partial charge in [0.25, 0.3) is 0 Å². The topological polar surface area (TPSA) is 64.6 Å². The molecule has 1 fully saturated rings. The summed E-state index contributed by atoms with van der Waals surface area (Å²) in [4.78, 5) is 28.9. The lowest BCUT2D eigenvalue weighted by molar-refractivity contribution is -0.129. The van der Waals surface area contributed by atoms with Gasteiger partial charge in [-0.05, 0) is 55.8 Å². The van der Waals surface area contributed by atoms with Crippen LogP contribution in [0.2, 0.25) is 0 Å². The first-order valence-corrected chi connectivity index (χ1v) is 12.4. The summed E-state index contributed by atoms with van der Waals surface area (Å²) in [7, 11) is 4.13. The Balaban J connectivity index is 1.42. The summed E-state index contributed by atoms with van der Waals surface area (Å²) in [5.41, 5.74) is 6.41. The van der Waals surface area contributed by atoms with Crippen LogP contribution in [0, 0.1) is 0 Å². The lowest BCUT2D eigenvalue weighted by atomic mass is 9.97. The number of fused-ring (bicyclic) bond motifs is 2. The van der Waals surface area contributed by atoms with Gasteiger partial charge in [-0.3, -0.25) is 9.69 Å². The highest BCUT2D eigenvalue weighted by Crippen LogP contribution is 2.34. The van der Waals surface area contributed by atoms with Crippen LogP contribution in [0.3, 0.4) is 0 Å². The number of hydrogen-bond donors (Lipinski definition) is 1. The van der Waals surface area contributed by atoms with E-state index in [9.17, 15) is 4.79 Å². The molecule has 0 bridgehead atoms. The van der Waals surface area contributed by atoms with Gasteiger partial charge in [0.2, 0.25) is 5.91 Å². The van der Waals surface area contributed by atoms with E-state index in [1.165, 1.54) is 48.1 Å². The SMILES string of the molecule is CNc1nc([C@H]2CCCCN2Cc2ccc3c(c2)CCCN3C)nc2c1CCN(C(C)=O)C2. The van der Waals surface area contributed by atoms with Crippen molar-refractivity contribution in [2.24, 2.45) is 0 Å². The minimum atomic E-state index is 0.115. The largest absolute Gasteiger partial charge is 0.374 e. The number of nitrogens with zero attached hydrogens (tertiary/aromatic N) is 5. The van der Waals surface area contributed by atoms with E-state index in [0.717, 1.165) is 56.4 Å². The number of benzene rings is 1. The Morgan fingerprint density at radius 3 is 2.82 bits per heavy atom. The second-order valence-corrected chi connectivity index (χ2v) is 9.77. The highest BCUT2D eigenvalue weighted by atomic mass is 16.2. The van der Waals surface area contributed by atoms with Gasteiger partial charge in [-0.2, -0.15) is 0 Å². The zero-order chi connectivity index (χ0) is 22.9. The van der Waals surface area contributed by atoms with Gasteiger partial charge in [0.05, 0.1) is 18.3 Å². The fourth-order valence-electron chi connectivity index (χ4n) is 5.72. The molecule has 0 saturated carbocycles. The first-order valence-electron chi connectivity index (χ1n) is 12.4. The van der Waals surface area contributed by atoms with E-state index in [4.69, 9.17) is 9.97 Å². The molecule has 176 valence electrons. The van der Waals surface area contributed by atoms with Crippen molar-refractivity contribution >= 4 is 17.4 Å². The molecule has 1 N–H and O–H groups in total. The van der Waals surface area contributed by atoms with Crippen molar-refractivity contribution in [1.29, 1.82) is 0 Å². The Kier molecular flexibility index (Phi) is 6.23. The van der Waals surface area contributed by atoms with E-state index >= 15 is 0 Å². The zero-order valence-corrected chi connectivity index (χ0v) is 20.2. The molecule has 0 unspecified atom stereocenters. The van der Waals surface area contributed by atoms with E-state index in [0.29, 0.717) is 6.54 Å². The monoisotopic (exact) mass is 448 g/mol. The first kappa shape index (κ1) is 22.1. The van der Waals surface area contributed by atoms with Crippen LogP contribution in [0.25, 0.3) is 0 Å². The molecule has 5 rings (SSSR count). The van der Waals surface area contributed by atoms with Gasteiger partial charge in [-0.15, -0.1) is 0 Å². The third kappa shape index (κ3) is 4.43. The smallest absolute Gasteiger partial charge is 0.219 e. The summed E-state index contributed by atoms with van der Waals surface area (Å²) in [5.74, 6) is 1.95. The number of aromatic nitrogens is 2. The van der Waals surface area contributed by atoms with E-state index < -0.39 is 0 Å². The average Bonchev–Trinajstić information content (AvgIpc) is 2.83. The average molecular weight is 449 g/mol. The molecule has 1 amide bonds. The second-order valence-electron chi connectivity index (χ2n) is 9.77. The lowest BCUT2D eigenvalue weighted by Gasteiger charge is -2.36.